The Labute approximate surface area is 119 Å². The van der Waals surface area contributed by atoms with Crippen LogP contribution in [0.2, 0.25) is 0 Å². The number of hydrogen-bond acceptors (Lipinski definition) is 4. The molecule has 7 heteroatoms. The van der Waals surface area contributed by atoms with Crippen molar-refractivity contribution >= 4 is 33.8 Å². The van der Waals surface area contributed by atoms with E-state index in [1.165, 1.54) is 15.6 Å². The highest BCUT2D eigenvalue weighted by atomic mass is 35.5. The lowest BCUT2D eigenvalue weighted by Crippen LogP contribution is -2.37. The lowest BCUT2D eigenvalue weighted by molar-refractivity contribution is 0.311. The number of hydrogen-bond donors (Lipinski definition) is 1. The van der Waals surface area contributed by atoms with E-state index in [2.05, 4.69) is 5.32 Å². The van der Waals surface area contributed by atoms with E-state index in [1.807, 2.05) is 0 Å². The predicted molar refractivity (Wildman–Crippen MR) is 77.0 cm³/mol. The summed E-state index contributed by atoms with van der Waals surface area (Å²) in [5.74, 6) is 0.482. The van der Waals surface area contributed by atoms with Crippen LogP contribution in [0, 0.1) is 5.92 Å². The number of nitrogens with one attached hydrogen (secondary N) is 1. The summed E-state index contributed by atoms with van der Waals surface area (Å²) in [6.07, 6.45) is 2.12. The molecule has 0 radical (unpaired) electrons. The van der Waals surface area contributed by atoms with Crippen LogP contribution in [0.3, 0.4) is 0 Å². The zero-order chi connectivity index (χ0) is 12.3. The molecule has 0 bridgehead atoms. The highest BCUT2D eigenvalue weighted by Crippen LogP contribution is 2.22. The van der Waals surface area contributed by atoms with E-state index in [0.717, 1.165) is 25.9 Å². The summed E-state index contributed by atoms with van der Waals surface area (Å²) in [5, 5.41) is 5.09. The van der Waals surface area contributed by atoms with Crippen molar-refractivity contribution in [3.05, 3.63) is 17.5 Å². The second kappa shape index (κ2) is 6.86. The molecule has 0 aliphatic carbocycles. The minimum absolute atomic E-state index is 0. The maximum atomic E-state index is 12.2. The molecule has 0 unspecified atom stereocenters. The number of piperidine rings is 1. The fourth-order valence-electron chi connectivity index (χ4n) is 2.09. The summed E-state index contributed by atoms with van der Waals surface area (Å²) < 4.78 is 26.3. The van der Waals surface area contributed by atoms with Crippen molar-refractivity contribution in [2.75, 3.05) is 26.7 Å². The first-order valence-electron chi connectivity index (χ1n) is 5.81. The molecule has 104 valence electrons. The van der Waals surface area contributed by atoms with Gasteiger partial charge in [-0.05, 0) is 43.3 Å². The molecule has 0 aromatic carbocycles. The molecule has 1 saturated heterocycles. The molecule has 1 aromatic heterocycles. The van der Waals surface area contributed by atoms with Crippen molar-refractivity contribution < 1.29 is 8.42 Å². The molecule has 18 heavy (non-hydrogen) atoms. The van der Waals surface area contributed by atoms with Crippen molar-refractivity contribution in [1.29, 1.82) is 0 Å². The topological polar surface area (TPSA) is 49.4 Å². The third-order valence-corrected chi connectivity index (χ3v) is 6.33. The summed E-state index contributed by atoms with van der Waals surface area (Å²) in [6, 6.07) is 3.44. The summed E-state index contributed by atoms with van der Waals surface area (Å²) in [7, 11) is -1.59. The van der Waals surface area contributed by atoms with Crippen LogP contribution in [0.25, 0.3) is 0 Å². The van der Waals surface area contributed by atoms with Crippen LogP contribution in [0.5, 0.6) is 0 Å². The van der Waals surface area contributed by atoms with Gasteiger partial charge in [0.05, 0.1) is 0 Å². The Kier molecular flexibility index (Phi) is 6.07. The fraction of sp³-hybridized carbons (Fsp3) is 0.636. The van der Waals surface area contributed by atoms with E-state index in [0.29, 0.717) is 16.7 Å². The zero-order valence-electron chi connectivity index (χ0n) is 10.3. The van der Waals surface area contributed by atoms with Gasteiger partial charge in [-0.1, -0.05) is 6.07 Å². The Hall–Kier alpha value is -0.140. The molecule has 2 rings (SSSR count). The Morgan fingerprint density at radius 3 is 2.67 bits per heavy atom. The van der Waals surface area contributed by atoms with Crippen LogP contribution in [-0.2, 0) is 10.0 Å². The van der Waals surface area contributed by atoms with E-state index in [4.69, 9.17) is 0 Å². The average Bonchev–Trinajstić information content (AvgIpc) is 2.84. The fourth-order valence-corrected chi connectivity index (χ4v) is 4.54. The van der Waals surface area contributed by atoms with Gasteiger partial charge in [-0.3, -0.25) is 0 Å². The van der Waals surface area contributed by atoms with E-state index in [-0.39, 0.29) is 12.4 Å². The quantitative estimate of drug-likeness (QED) is 0.922. The standard InChI is InChI=1S/C11H18N2O2S2.ClH/c1-13(9-10-4-6-12-7-5-10)17(14,15)11-3-2-8-16-11;/h2-3,8,10,12H,4-7,9H2,1H3;1H. The lowest BCUT2D eigenvalue weighted by atomic mass is 9.98. The van der Waals surface area contributed by atoms with Gasteiger partial charge in [0.2, 0.25) is 0 Å². The molecule has 0 atom stereocenters. The lowest BCUT2D eigenvalue weighted by Gasteiger charge is -2.26. The van der Waals surface area contributed by atoms with E-state index in [9.17, 15) is 8.42 Å². The molecule has 4 nitrogen and oxygen atoms in total. The summed E-state index contributed by atoms with van der Waals surface area (Å²) >= 11 is 1.28. The van der Waals surface area contributed by atoms with Gasteiger partial charge in [0.15, 0.2) is 0 Å². The van der Waals surface area contributed by atoms with Crippen molar-refractivity contribution in [3.63, 3.8) is 0 Å². The third kappa shape index (κ3) is 3.68. The molecule has 2 heterocycles. The van der Waals surface area contributed by atoms with Crippen LogP contribution < -0.4 is 5.32 Å². The van der Waals surface area contributed by atoms with Gasteiger partial charge >= 0.3 is 0 Å². The van der Waals surface area contributed by atoms with Crippen molar-refractivity contribution in [1.82, 2.24) is 9.62 Å². The van der Waals surface area contributed by atoms with Gasteiger partial charge in [-0.2, -0.15) is 4.31 Å². The van der Waals surface area contributed by atoms with Crippen LogP contribution in [0.15, 0.2) is 21.7 Å². The number of nitrogens with zero attached hydrogens (tertiary/aromatic N) is 1. The molecule has 1 aromatic rings. The normalized spacial score (nSPS) is 17.7. The van der Waals surface area contributed by atoms with E-state index >= 15 is 0 Å². The molecular formula is C11H19ClN2O2S2. The number of thiophene rings is 1. The van der Waals surface area contributed by atoms with Gasteiger partial charge in [0.25, 0.3) is 10.0 Å². The minimum atomic E-state index is -3.26. The minimum Gasteiger partial charge on any atom is -0.317 e. The van der Waals surface area contributed by atoms with Crippen LogP contribution >= 0.6 is 23.7 Å². The maximum absolute atomic E-state index is 12.2. The van der Waals surface area contributed by atoms with Crippen LogP contribution in [0.1, 0.15) is 12.8 Å². The second-order valence-corrected chi connectivity index (χ2v) is 7.63. The first kappa shape index (κ1) is 15.9. The van der Waals surface area contributed by atoms with Crippen LogP contribution in [0.4, 0.5) is 0 Å². The molecule has 1 aliphatic heterocycles. The summed E-state index contributed by atoms with van der Waals surface area (Å²) in [4.78, 5) is 0. The molecule has 1 aliphatic rings. The van der Waals surface area contributed by atoms with Gasteiger partial charge in [-0.15, -0.1) is 23.7 Å². The maximum Gasteiger partial charge on any atom is 0.252 e. The SMILES string of the molecule is CN(CC1CCNCC1)S(=O)(=O)c1cccs1.Cl. The molecule has 1 N–H and O–H groups in total. The smallest absolute Gasteiger partial charge is 0.252 e. The first-order chi connectivity index (χ1) is 8.10. The molecular weight excluding hydrogens is 292 g/mol. The van der Waals surface area contributed by atoms with Crippen molar-refractivity contribution in [3.8, 4) is 0 Å². The summed E-state index contributed by atoms with van der Waals surface area (Å²) in [6.45, 7) is 2.62. The molecule has 0 amide bonds. The Bertz CT molecular complexity index is 442. The van der Waals surface area contributed by atoms with Crippen molar-refractivity contribution in [2.24, 2.45) is 5.92 Å². The Balaban J connectivity index is 0.00000162. The number of rotatable bonds is 4. The molecule has 0 spiro atoms. The Morgan fingerprint density at radius 1 is 1.44 bits per heavy atom. The highest BCUT2D eigenvalue weighted by molar-refractivity contribution is 7.91. The second-order valence-electron chi connectivity index (χ2n) is 4.41. The van der Waals surface area contributed by atoms with E-state index < -0.39 is 10.0 Å². The number of sulfonamides is 1. The molecule has 1 fully saturated rings. The van der Waals surface area contributed by atoms with Crippen LogP contribution in [-0.4, -0.2) is 39.4 Å². The average molecular weight is 311 g/mol. The number of halogens is 1. The summed E-state index contributed by atoms with van der Waals surface area (Å²) in [5.41, 5.74) is 0. The van der Waals surface area contributed by atoms with Crippen molar-refractivity contribution in [2.45, 2.75) is 17.1 Å². The predicted octanol–water partition coefficient (Wildman–Crippen LogP) is 1.79. The highest BCUT2D eigenvalue weighted by Gasteiger charge is 2.25. The van der Waals surface area contributed by atoms with Gasteiger partial charge in [-0.25, -0.2) is 8.42 Å². The monoisotopic (exact) mass is 310 g/mol. The molecule has 0 saturated carbocycles. The third-order valence-electron chi connectivity index (χ3n) is 3.13. The zero-order valence-corrected chi connectivity index (χ0v) is 12.8. The largest absolute Gasteiger partial charge is 0.317 e. The van der Waals surface area contributed by atoms with Gasteiger partial charge < -0.3 is 5.32 Å². The first-order valence-corrected chi connectivity index (χ1v) is 8.13. The van der Waals surface area contributed by atoms with E-state index in [1.54, 1.807) is 24.6 Å². The van der Waals surface area contributed by atoms with Gasteiger partial charge in [0.1, 0.15) is 4.21 Å². The Morgan fingerprint density at radius 2 is 2.11 bits per heavy atom. The van der Waals surface area contributed by atoms with Gasteiger partial charge in [0, 0.05) is 13.6 Å².